The zero-order valence-electron chi connectivity index (χ0n) is 12.1. The van der Waals surface area contributed by atoms with Crippen LogP contribution in [0.3, 0.4) is 0 Å². The number of carbonyl (C=O) groups is 1. The smallest absolute Gasteiger partial charge is 0.265 e. The summed E-state index contributed by atoms with van der Waals surface area (Å²) in [5.74, 6) is 0.162. The molecule has 1 aliphatic carbocycles. The molecule has 0 fully saturated rings. The van der Waals surface area contributed by atoms with E-state index in [1.165, 1.54) is 29.7 Å². The van der Waals surface area contributed by atoms with Crippen molar-refractivity contribution < 1.29 is 9.90 Å². The Morgan fingerprint density at radius 3 is 2.81 bits per heavy atom. The van der Waals surface area contributed by atoms with Crippen molar-refractivity contribution >= 4 is 22.9 Å². The van der Waals surface area contributed by atoms with Gasteiger partial charge in [0.2, 0.25) is 0 Å². The molecule has 0 saturated heterocycles. The van der Waals surface area contributed by atoms with Gasteiger partial charge in [-0.2, -0.15) is 0 Å². The van der Waals surface area contributed by atoms with E-state index in [4.69, 9.17) is 0 Å². The van der Waals surface area contributed by atoms with E-state index in [1.54, 1.807) is 29.5 Å². The number of anilines is 1. The summed E-state index contributed by atoms with van der Waals surface area (Å²) in [6, 6.07) is 7.03. The van der Waals surface area contributed by atoms with Gasteiger partial charge in [-0.1, -0.05) is 6.42 Å². The molecule has 3 nitrogen and oxygen atoms in total. The lowest BCUT2D eigenvalue weighted by molar-refractivity contribution is 0.103. The molecule has 1 aliphatic rings. The SMILES string of the molecule is Cc1cc(O)ccc1NC(=O)c1cc2c(s1)CCCCC2. The second-order valence-corrected chi connectivity index (χ2v) is 6.71. The van der Waals surface area contributed by atoms with Gasteiger partial charge in [0.15, 0.2) is 0 Å². The van der Waals surface area contributed by atoms with Gasteiger partial charge in [0.1, 0.15) is 5.75 Å². The summed E-state index contributed by atoms with van der Waals surface area (Å²) in [5, 5.41) is 12.4. The lowest BCUT2D eigenvalue weighted by Gasteiger charge is -2.07. The summed E-state index contributed by atoms with van der Waals surface area (Å²) in [5.41, 5.74) is 2.97. The van der Waals surface area contributed by atoms with E-state index in [2.05, 4.69) is 11.4 Å². The van der Waals surface area contributed by atoms with E-state index in [0.717, 1.165) is 29.0 Å². The Bertz CT molecular complexity index is 652. The van der Waals surface area contributed by atoms with Gasteiger partial charge in [-0.3, -0.25) is 4.79 Å². The van der Waals surface area contributed by atoms with E-state index < -0.39 is 0 Å². The summed E-state index contributed by atoms with van der Waals surface area (Å²) in [6.45, 7) is 1.87. The van der Waals surface area contributed by atoms with Crippen LogP contribution in [0.15, 0.2) is 24.3 Å². The van der Waals surface area contributed by atoms with Crippen LogP contribution in [0.25, 0.3) is 0 Å². The number of hydrogen-bond acceptors (Lipinski definition) is 3. The summed E-state index contributed by atoms with van der Waals surface area (Å²) in [7, 11) is 0. The maximum Gasteiger partial charge on any atom is 0.265 e. The minimum absolute atomic E-state index is 0.0538. The van der Waals surface area contributed by atoms with Gasteiger partial charge >= 0.3 is 0 Å². The van der Waals surface area contributed by atoms with Crippen molar-refractivity contribution in [3.05, 3.63) is 45.1 Å². The maximum absolute atomic E-state index is 12.4. The zero-order valence-corrected chi connectivity index (χ0v) is 12.9. The van der Waals surface area contributed by atoms with Crippen molar-refractivity contribution in [3.8, 4) is 5.75 Å². The summed E-state index contributed by atoms with van der Waals surface area (Å²) >= 11 is 1.62. The average Bonchev–Trinajstić information content (AvgIpc) is 2.73. The van der Waals surface area contributed by atoms with Crippen molar-refractivity contribution in [2.45, 2.75) is 39.0 Å². The number of phenols is 1. The molecule has 21 heavy (non-hydrogen) atoms. The number of carbonyl (C=O) groups excluding carboxylic acids is 1. The van der Waals surface area contributed by atoms with Crippen molar-refractivity contribution in [2.24, 2.45) is 0 Å². The van der Waals surface area contributed by atoms with Crippen LogP contribution in [0.4, 0.5) is 5.69 Å². The van der Waals surface area contributed by atoms with Gasteiger partial charge in [0.25, 0.3) is 5.91 Å². The first kappa shape index (κ1) is 14.1. The molecule has 0 bridgehead atoms. The number of amides is 1. The van der Waals surface area contributed by atoms with E-state index in [1.807, 2.05) is 6.92 Å². The summed E-state index contributed by atoms with van der Waals surface area (Å²) < 4.78 is 0. The van der Waals surface area contributed by atoms with Gasteiger partial charge in [-0.25, -0.2) is 0 Å². The van der Waals surface area contributed by atoms with Gasteiger partial charge in [-0.15, -0.1) is 11.3 Å². The molecule has 0 saturated carbocycles. The highest BCUT2D eigenvalue weighted by molar-refractivity contribution is 7.14. The number of fused-ring (bicyclic) bond motifs is 1. The van der Waals surface area contributed by atoms with Crippen molar-refractivity contribution in [1.82, 2.24) is 0 Å². The van der Waals surface area contributed by atoms with E-state index in [0.29, 0.717) is 0 Å². The number of thiophene rings is 1. The Balaban J connectivity index is 1.79. The molecule has 4 heteroatoms. The van der Waals surface area contributed by atoms with Crippen LogP contribution in [0.5, 0.6) is 5.75 Å². The molecule has 0 radical (unpaired) electrons. The molecule has 0 atom stereocenters. The number of nitrogens with one attached hydrogen (secondary N) is 1. The van der Waals surface area contributed by atoms with Crippen LogP contribution in [0.1, 0.15) is 44.9 Å². The number of hydrogen-bond donors (Lipinski definition) is 2. The predicted octanol–water partition coefficient (Wildman–Crippen LogP) is 4.28. The monoisotopic (exact) mass is 301 g/mol. The Morgan fingerprint density at radius 1 is 1.19 bits per heavy atom. The second-order valence-electron chi connectivity index (χ2n) is 5.57. The number of phenolic OH excluding ortho intramolecular Hbond substituents is 1. The summed E-state index contributed by atoms with van der Waals surface area (Å²) in [6.07, 6.45) is 5.94. The summed E-state index contributed by atoms with van der Waals surface area (Å²) in [4.78, 5) is 14.6. The fourth-order valence-corrected chi connectivity index (χ4v) is 3.90. The number of benzene rings is 1. The lowest BCUT2D eigenvalue weighted by Crippen LogP contribution is -2.11. The molecule has 110 valence electrons. The zero-order chi connectivity index (χ0) is 14.8. The molecule has 0 aliphatic heterocycles. The highest BCUT2D eigenvalue weighted by Crippen LogP contribution is 2.30. The third-order valence-electron chi connectivity index (χ3n) is 3.93. The van der Waals surface area contributed by atoms with Crippen LogP contribution in [-0.4, -0.2) is 11.0 Å². The fourth-order valence-electron chi connectivity index (χ4n) is 2.75. The fraction of sp³-hybridized carbons (Fsp3) is 0.353. The standard InChI is InChI=1S/C17H19NO2S/c1-11-9-13(19)7-8-14(11)18-17(20)16-10-12-5-3-2-4-6-15(12)21-16/h7-10,19H,2-6H2,1H3,(H,18,20). The highest BCUT2D eigenvalue weighted by Gasteiger charge is 2.17. The van der Waals surface area contributed by atoms with Crippen LogP contribution >= 0.6 is 11.3 Å². The van der Waals surface area contributed by atoms with E-state index >= 15 is 0 Å². The van der Waals surface area contributed by atoms with Crippen molar-refractivity contribution in [3.63, 3.8) is 0 Å². The van der Waals surface area contributed by atoms with E-state index in [9.17, 15) is 9.90 Å². The topological polar surface area (TPSA) is 49.3 Å². The Labute approximate surface area is 128 Å². The van der Waals surface area contributed by atoms with Crippen LogP contribution < -0.4 is 5.32 Å². The van der Waals surface area contributed by atoms with Gasteiger partial charge in [-0.05, 0) is 68.0 Å². The molecule has 2 N–H and O–H groups in total. The first-order valence-electron chi connectivity index (χ1n) is 7.36. The Hall–Kier alpha value is -1.81. The van der Waals surface area contributed by atoms with Crippen LogP contribution in [0.2, 0.25) is 0 Å². The maximum atomic E-state index is 12.4. The van der Waals surface area contributed by atoms with Crippen molar-refractivity contribution in [1.29, 1.82) is 0 Å². The van der Waals surface area contributed by atoms with Gasteiger partial charge < -0.3 is 10.4 Å². The largest absolute Gasteiger partial charge is 0.508 e. The van der Waals surface area contributed by atoms with E-state index in [-0.39, 0.29) is 11.7 Å². The van der Waals surface area contributed by atoms with Crippen LogP contribution in [-0.2, 0) is 12.8 Å². The third kappa shape index (κ3) is 3.10. The quantitative estimate of drug-likeness (QED) is 0.642. The Kier molecular flexibility index (Phi) is 3.97. The molecular formula is C17H19NO2S. The molecule has 1 aromatic carbocycles. The first-order chi connectivity index (χ1) is 10.1. The highest BCUT2D eigenvalue weighted by atomic mass is 32.1. The third-order valence-corrected chi connectivity index (χ3v) is 5.16. The molecule has 0 unspecified atom stereocenters. The minimum atomic E-state index is -0.0538. The molecule has 1 heterocycles. The molecule has 1 aromatic heterocycles. The molecule has 0 spiro atoms. The number of aryl methyl sites for hydroxylation is 3. The lowest BCUT2D eigenvalue weighted by atomic mass is 10.1. The second kappa shape index (κ2) is 5.90. The normalized spacial score (nSPS) is 14.3. The molecule has 3 rings (SSSR count). The molecular weight excluding hydrogens is 282 g/mol. The van der Waals surface area contributed by atoms with Gasteiger partial charge in [0, 0.05) is 10.6 Å². The van der Waals surface area contributed by atoms with Crippen LogP contribution in [0, 0.1) is 6.92 Å². The Morgan fingerprint density at radius 2 is 2.00 bits per heavy atom. The molecule has 1 amide bonds. The molecule has 2 aromatic rings. The average molecular weight is 301 g/mol. The van der Waals surface area contributed by atoms with Crippen molar-refractivity contribution in [2.75, 3.05) is 5.32 Å². The number of rotatable bonds is 2. The number of aromatic hydroxyl groups is 1. The van der Waals surface area contributed by atoms with Gasteiger partial charge in [0.05, 0.1) is 4.88 Å². The first-order valence-corrected chi connectivity index (χ1v) is 8.17. The minimum Gasteiger partial charge on any atom is -0.508 e. The predicted molar refractivity (Wildman–Crippen MR) is 86.4 cm³/mol.